The Kier molecular flexibility index (Phi) is 3.22. The van der Waals surface area contributed by atoms with Gasteiger partial charge in [-0.25, -0.2) is 4.79 Å². The lowest BCUT2D eigenvalue weighted by Gasteiger charge is -2.32. The molecule has 4 nitrogen and oxygen atoms in total. The van der Waals surface area contributed by atoms with Gasteiger partial charge in [0, 0.05) is 6.04 Å². The lowest BCUT2D eigenvalue weighted by Crippen LogP contribution is -2.31. The Hall–Kier alpha value is -1.71. The molecule has 0 amide bonds. The first-order valence-corrected chi connectivity index (χ1v) is 5.97. The molecule has 2 rings (SSSR count). The summed E-state index contributed by atoms with van der Waals surface area (Å²) in [7, 11) is 0. The number of rotatable bonds is 4. The second-order valence-electron chi connectivity index (χ2n) is 4.73. The SMILES string of the molecule is CC(Nc1cc(C(=O)O)ccc1N)C1CCC1. The summed E-state index contributed by atoms with van der Waals surface area (Å²) in [6.07, 6.45) is 3.78. The zero-order valence-electron chi connectivity index (χ0n) is 9.94. The maximum Gasteiger partial charge on any atom is 0.335 e. The number of nitrogens with one attached hydrogen (secondary N) is 1. The Balaban J connectivity index is 2.13. The Morgan fingerprint density at radius 3 is 2.76 bits per heavy atom. The predicted octanol–water partition coefficient (Wildman–Crippen LogP) is 2.57. The Bertz CT molecular complexity index is 427. The highest BCUT2D eigenvalue weighted by Crippen LogP contribution is 2.32. The smallest absolute Gasteiger partial charge is 0.335 e. The number of carboxylic acid groups (broad SMARTS) is 1. The van der Waals surface area contributed by atoms with Crippen LogP contribution >= 0.6 is 0 Å². The molecule has 1 aliphatic carbocycles. The van der Waals surface area contributed by atoms with Gasteiger partial charge < -0.3 is 16.2 Å². The van der Waals surface area contributed by atoms with Crippen LogP contribution in [-0.2, 0) is 0 Å². The van der Waals surface area contributed by atoms with Crippen LogP contribution in [0, 0.1) is 5.92 Å². The van der Waals surface area contributed by atoms with E-state index < -0.39 is 5.97 Å². The van der Waals surface area contributed by atoms with Gasteiger partial charge in [0.2, 0.25) is 0 Å². The summed E-state index contributed by atoms with van der Waals surface area (Å²) in [4.78, 5) is 10.9. The first-order valence-electron chi connectivity index (χ1n) is 5.97. The van der Waals surface area contributed by atoms with Crippen LogP contribution in [0.25, 0.3) is 0 Å². The summed E-state index contributed by atoms with van der Waals surface area (Å²) in [5.41, 5.74) is 7.43. The Morgan fingerprint density at radius 2 is 2.24 bits per heavy atom. The molecule has 4 N–H and O–H groups in total. The summed E-state index contributed by atoms with van der Waals surface area (Å²) < 4.78 is 0. The Morgan fingerprint density at radius 1 is 1.53 bits per heavy atom. The molecule has 1 saturated carbocycles. The van der Waals surface area contributed by atoms with E-state index in [1.54, 1.807) is 12.1 Å². The molecule has 1 atom stereocenters. The van der Waals surface area contributed by atoms with Crippen LogP contribution in [0.3, 0.4) is 0 Å². The highest BCUT2D eigenvalue weighted by atomic mass is 16.4. The van der Waals surface area contributed by atoms with E-state index in [-0.39, 0.29) is 5.56 Å². The van der Waals surface area contributed by atoms with Crippen LogP contribution in [0.4, 0.5) is 11.4 Å². The number of carboxylic acids is 1. The van der Waals surface area contributed by atoms with Crippen molar-refractivity contribution in [3.63, 3.8) is 0 Å². The van der Waals surface area contributed by atoms with Crippen molar-refractivity contribution in [1.29, 1.82) is 0 Å². The van der Waals surface area contributed by atoms with Crippen molar-refractivity contribution in [3.05, 3.63) is 23.8 Å². The van der Waals surface area contributed by atoms with Gasteiger partial charge in [0.25, 0.3) is 0 Å². The molecule has 0 aromatic heterocycles. The van der Waals surface area contributed by atoms with Gasteiger partial charge in [0.05, 0.1) is 16.9 Å². The van der Waals surface area contributed by atoms with Crippen molar-refractivity contribution in [2.75, 3.05) is 11.1 Å². The first kappa shape index (κ1) is 11.8. The van der Waals surface area contributed by atoms with E-state index in [1.165, 1.54) is 25.3 Å². The number of carbonyl (C=O) groups is 1. The van der Waals surface area contributed by atoms with Crippen molar-refractivity contribution in [2.24, 2.45) is 5.92 Å². The predicted molar refractivity (Wildman–Crippen MR) is 68.2 cm³/mol. The molecule has 0 saturated heterocycles. The summed E-state index contributed by atoms with van der Waals surface area (Å²) in [5.74, 6) is -0.243. The van der Waals surface area contributed by atoms with Gasteiger partial charge in [-0.2, -0.15) is 0 Å². The minimum atomic E-state index is -0.927. The third kappa shape index (κ3) is 2.52. The number of hydrogen-bond donors (Lipinski definition) is 3. The average molecular weight is 234 g/mol. The van der Waals surface area contributed by atoms with E-state index in [4.69, 9.17) is 10.8 Å². The summed E-state index contributed by atoms with van der Waals surface area (Å²) in [5, 5.41) is 12.3. The van der Waals surface area contributed by atoms with Crippen molar-refractivity contribution >= 4 is 17.3 Å². The van der Waals surface area contributed by atoms with Crippen molar-refractivity contribution in [1.82, 2.24) is 0 Å². The molecule has 1 aromatic carbocycles. The largest absolute Gasteiger partial charge is 0.478 e. The molecular weight excluding hydrogens is 216 g/mol. The number of nitrogen functional groups attached to an aromatic ring is 1. The molecular formula is C13H18N2O2. The molecule has 0 aliphatic heterocycles. The summed E-state index contributed by atoms with van der Waals surface area (Å²) in [6.45, 7) is 2.12. The van der Waals surface area contributed by atoms with E-state index in [9.17, 15) is 4.79 Å². The van der Waals surface area contributed by atoms with Gasteiger partial charge in [-0.15, -0.1) is 0 Å². The normalized spacial score (nSPS) is 17.2. The third-order valence-electron chi connectivity index (χ3n) is 3.54. The second-order valence-corrected chi connectivity index (χ2v) is 4.73. The van der Waals surface area contributed by atoms with Gasteiger partial charge in [-0.3, -0.25) is 0 Å². The molecule has 1 aliphatic rings. The van der Waals surface area contributed by atoms with Crippen LogP contribution in [0.15, 0.2) is 18.2 Å². The van der Waals surface area contributed by atoms with Crippen molar-refractivity contribution in [2.45, 2.75) is 32.2 Å². The van der Waals surface area contributed by atoms with E-state index in [1.807, 2.05) is 0 Å². The zero-order valence-corrected chi connectivity index (χ0v) is 9.94. The van der Waals surface area contributed by atoms with Crippen LogP contribution in [-0.4, -0.2) is 17.1 Å². The van der Waals surface area contributed by atoms with E-state index >= 15 is 0 Å². The van der Waals surface area contributed by atoms with E-state index in [0.717, 1.165) is 5.69 Å². The maximum absolute atomic E-state index is 10.9. The third-order valence-corrected chi connectivity index (χ3v) is 3.54. The highest BCUT2D eigenvalue weighted by Gasteiger charge is 2.24. The van der Waals surface area contributed by atoms with Crippen LogP contribution < -0.4 is 11.1 Å². The quantitative estimate of drug-likeness (QED) is 0.700. The summed E-state index contributed by atoms with van der Waals surface area (Å²) in [6, 6.07) is 5.11. The lowest BCUT2D eigenvalue weighted by molar-refractivity contribution is 0.0697. The number of aromatic carboxylic acids is 1. The average Bonchev–Trinajstić information content (AvgIpc) is 2.18. The molecule has 0 heterocycles. The molecule has 92 valence electrons. The Labute approximate surface area is 101 Å². The monoisotopic (exact) mass is 234 g/mol. The van der Waals surface area contributed by atoms with E-state index in [0.29, 0.717) is 17.6 Å². The van der Waals surface area contributed by atoms with Gasteiger partial charge in [0.1, 0.15) is 0 Å². The van der Waals surface area contributed by atoms with Gasteiger partial charge in [-0.1, -0.05) is 6.42 Å². The maximum atomic E-state index is 10.9. The number of hydrogen-bond acceptors (Lipinski definition) is 3. The lowest BCUT2D eigenvalue weighted by atomic mass is 9.80. The minimum Gasteiger partial charge on any atom is -0.478 e. The molecule has 17 heavy (non-hydrogen) atoms. The minimum absolute atomic E-state index is 0.266. The molecule has 1 fully saturated rings. The van der Waals surface area contributed by atoms with E-state index in [2.05, 4.69) is 12.2 Å². The van der Waals surface area contributed by atoms with Crippen molar-refractivity contribution < 1.29 is 9.90 Å². The first-order chi connectivity index (χ1) is 8.08. The fourth-order valence-corrected chi connectivity index (χ4v) is 2.12. The number of anilines is 2. The topological polar surface area (TPSA) is 75.3 Å². The fourth-order valence-electron chi connectivity index (χ4n) is 2.12. The molecule has 0 radical (unpaired) electrons. The number of benzene rings is 1. The zero-order chi connectivity index (χ0) is 12.4. The van der Waals surface area contributed by atoms with Crippen LogP contribution in [0.1, 0.15) is 36.5 Å². The fraction of sp³-hybridized carbons (Fsp3) is 0.462. The van der Waals surface area contributed by atoms with Gasteiger partial charge in [0.15, 0.2) is 0 Å². The number of nitrogens with two attached hydrogens (primary N) is 1. The molecule has 4 heteroatoms. The van der Waals surface area contributed by atoms with Crippen molar-refractivity contribution in [3.8, 4) is 0 Å². The molecule has 0 spiro atoms. The van der Waals surface area contributed by atoms with Gasteiger partial charge in [-0.05, 0) is 43.9 Å². The second kappa shape index (κ2) is 4.65. The molecule has 1 unspecified atom stereocenters. The standard InChI is InChI=1S/C13H18N2O2/c1-8(9-3-2-4-9)15-12-7-10(13(16)17)5-6-11(12)14/h5-9,15H,2-4,14H2,1H3,(H,16,17). The summed E-state index contributed by atoms with van der Waals surface area (Å²) >= 11 is 0. The molecule has 0 bridgehead atoms. The van der Waals surface area contributed by atoms with Crippen LogP contribution in [0.5, 0.6) is 0 Å². The van der Waals surface area contributed by atoms with Gasteiger partial charge >= 0.3 is 5.97 Å². The van der Waals surface area contributed by atoms with Crippen LogP contribution in [0.2, 0.25) is 0 Å². The highest BCUT2D eigenvalue weighted by molar-refractivity contribution is 5.90. The molecule has 1 aromatic rings.